The van der Waals surface area contributed by atoms with E-state index in [1.807, 2.05) is 0 Å². The summed E-state index contributed by atoms with van der Waals surface area (Å²) >= 11 is 0. The molecule has 3 amide bonds. The van der Waals surface area contributed by atoms with Crippen molar-refractivity contribution >= 4 is 47.7 Å². The van der Waals surface area contributed by atoms with Crippen molar-refractivity contribution in [1.29, 1.82) is 0 Å². The van der Waals surface area contributed by atoms with Crippen molar-refractivity contribution in [3.05, 3.63) is 12.2 Å². The average molecular weight is 543 g/mol. The summed E-state index contributed by atoms with van der Waals surface area (Å²) in [6.45, 7) is 1.26. The molecule has 3 aliphatic carbocycles. The van der Waals surface area contributed by atoms with Crippen molar-refractivity contribution in [2.45, 2.75) is 51.0 Å². The smallest absolute Gasteiger partial charge is 0.233 e. The lowest BCUT2D eigenvalue weighted by Crippen LogP contribution is -2.44. The minimum Gasteiger partial charge on any atom is -0.356 e. The number of carbonyl (C=O) groups excluding carboxylic acids is 3. The zero-order valence-electron chi connectivity index (χ0n) is 18.1. The number of likely N-dealkylation sites (tertiary alicyclic amines) is 1. The number of hydrogen-bond acceptors (Lipinski definition) is 4. The fourth-order valence-corrected chi connectivity index (χ4v) is 5.53. The van der Waals surface area contributed by atoms with Crippen molar-refractivity contribution in [2.24, 2.45) is 28.7 Å². The normalized spacial score (nSPS) is 29.7. The second kappa shape index (κ2) is 10.8. The molecule has 3 N–H and O–H groups in total. The standard InChI is InChI=1S/C22H33N5O3.HI/c1-23-22(24-10-9-17(28)26-16-5-3-2-4-6-16)25-11-12-27-20(29)18-14-7-8-15(13-14)19(18)21(27)30;/h7-8,14-16,18-19H,2-6,9-13H2,1H3,(H,26,28)(H2,23,24,25);1H. The molecule has 1 saturated heterocycles. The van der Waals surface area contributed by atoms with Crippen LogP contribution in [0.3, 0.4) is 0 Å². The van der Waals surface area contributed by atoms with Gasteiger partial charge in [0, 0.05) is 39.1 Å². The number of amides is 3. The third-order valence-electron chi connectivity index (χ3n) is 7.03. The molecule has 2 saturated carbocycles. The molecule has 1 aliphatic heterocycles. The van der Waals surface area contributed by atoms with Crippen molar-refractivity contribution in [3.8, 4) is 0 Å². The van der Waals surface area contributed by atoms with Gasteiger partial charge in [-0.2, -0.15) is 0 Å². The van der Waals surface area contributed by atoms with Crippen molar-refractivity contribution in [3.63, 3.8) is 0 Å². The summed E-state index contributed by atoms with van der Waals surface area (Å²) in [6, 6.07) is 0.323. The Morgan fingerprint density at radius 3 is 2.26 bits per heavy atom. The lowest BCUT2D eigenvalue weighted by Gasteiger charge is -2.23. The molecule has 4 rings (SSSR count). The molecular weight excluding hydrogens is 509 g/mol. The highest BCUT2D eigenvalue weighted by atomic mass is 127. The van der Waals surface area contributed by atoms with E-state index in [2.05, 4.69) is 33.1 Å². The van der Waals surface area contributed by atoms with Gasteiger partial charge in [0.15, 0.2) is 5.96 Å². The Balaban J connectivity index is 0.00000272. The maximum Gasteiger partial charge on any atom is 0.233 e. The SMILES string of the molecule is CN=C(NCCC(=O)NC1CCCCC1)NCCN1C(=O)C2C3C=CC(C3)C2C1=O.I. The first-order valence-corrected chi connectivity index (χ1v) is 11.4. The van der Waals surface area contributed by atoms with Crippen molar-refractivity contribution in [1.82, 2.24) is 20.9 Å². The zero-order valence-corrected chi connectivity index (χ0v) is 20.5. The first kappa shape index (κ1) is 24.0. The molecule has 0 aromatic carbocycles. The summed E-state index contributed by atoms with van der Waals surface area (Å²) in [5.74, 6) is 0.777. The predicted molar refractivity (Wildman–Crippen MR) is 129 cm³/mol. The molecule has 9 heteroatoms. The molecule has 3 fully saturated rings. The summed E-state index contributed by atoms with van der Waals surface area (Å²) in [4.78, 5) is 43.1. The van der Waals surface area contributed by atoms with E-state index in [1.165, 1.54) is 24.2 Å². The summed E-state index contributed by atoms with van der Waals surface area (Å²) in [5, 5.41) is 9.38. The molecule has 0 aromatic heterocycles. The van der Waals surface area contributed by atoms with Crippen LogP contribution < -0.4 is 16.0 Å². The van der Waals surface area contributed by atoms with Crippen LogP contribution in [0.25, 0.3) is 0 Å². The van der Waals surface area contributed by atoms with Crippen LogP contribution in [-0.2, 0) is 14.4 Å². The van der Waals surface area contributed by atoms with E-state index >= 15 is 0 Å². The fourth-order valence-electron chi connectivity index (χ4n) is 5.53. The number of hydrogen-bond donors (Lipinski definition) is 3. The van der Waals surface area contributed by atoms with E-state index in [1.54, 1.807) is 7.05 Å². The quantitative estimate of drug-likeness (QED) is 0.148. The number of carbonyl (C=O) groups is 3. The highest BCUT2D eigenvalue weighted by Crippen LogP contribution is 2.52. The van der Waals surface area contributed by atoms with Crippen LogP contribution in [0.15, 0.2) is 17.1 Å². The fraction of sp³-hybridized carbons (Fsp3) is 0.727. The van der Waals surface area contributed by atoms with Gasteiger partial charge in [-0.25, -0.2) is 0 Å². The lowest BCUT2D eigenvalue weighted by atomic mass is 9.85. The minimum atomic E-state index is -0.146. The number of halogens is 1. The summed E-state index contributed by atoms with van der Waals surface area (Å²) in [6.07, 6.45) is 11.4. The number of nitrogens with zero attached hydrogens (tertiary/aromatic N) is 2. The Hall–Kier alpha value is -1.65. The second-order valence-corrected chi connectivity index (χ2v) is 8.91. The topological polar surface area (TPSA) is 103 Å². The predicted octanol–water partition coefficient (Wildman–Crippen LogP) is 1.42. The zero-order chi connectivity index (χ0) is 21.1. The number of allylic oxidation sites excluding steroid dienone is 2. The van der Waals surface area contributed by atoms with Gasteiger partial charge in [0.25, 0.3) is 0 Å². The molecule has 0 spiro atoms. The Morgan fingerprint density at radius 1 is 1.03 bits per heavy atom. The van der Waals surface area contributed by atoms with E-state index < -0.39 is 0 Å². The number of imide groups is 1. The first-order valence-electron chi connectivity index (χ1n) is 11.4. The van der Waals surface area contributed by atoms with E-state index in [0.29, 0.717) is 38.1 Å². The van der Waals surface area contributed by atoms with Crippen LogP contribution in [0.5, 0.6) is 0 Å². The highest BCUT2D eigenvalue weighted by molar-refractivity contribution is 14.0. The number of aliphatic imine (C=N–C) groups is 1. The maximum atomic E-state index is 12.7. The summed E-state index contributed by atoms with van der Waals surface area (Å²) < 4.78 is 0. The van der Waals surface area contributed by atoms with Crippen LogP contribution in [0.4, 0.5) is 0 Å². The van der Waals surface area contributed by atoms with Gasteiger partial charge in [-0.1, -0.05) is 31.4 Å². The number of fused-ring (bicyclic) bond motifs is 5. The van der Waals surface area contributed by atoms with E-state index in [0.717, 1.165) is 19.3 Å². The molecule has 31 heavy (non-hydrogen) atoms. The molecule has 0 radical (unpaired) electrons. The van der Waals surface area contributed by atoms with Crippen molar-refractivity contribution < 1.29 is 14.4 Å². The monoisotopic (exact) mass is 543 g/mol. The van der Waals surface area contributed by atoms with Gasteiger partial charge in [0.05, 0.1) is 11.8 Å². The molecule has 0 aromatic rings. The molecule has 1 heterocycles. The highest BCUT2D eigenvalue weighted by Gasteiger charge is 2.58. The van der Waals surface area contributed by atoms with E-state index in [9.17, 15) is 14.4 Å². The number of nitrogens with one attached hydrogen (secondary N) is 3. The van der Waals surface area contributed by atoms with E-state index in [4.69, 9.17) is 0 Å². The molecule has 4 aliphatic rings. The number of guanidine groups is 1. The molecule has 172 valence electrons. The average Bonchev–Trinajstić information content (AvgIpc) is 3.43. The molecular formula is C22H34IN5O3. The van der Waals surface area contributed by atoms with Crippen LogP contribution in [-0.4, -0.2) is 61.3 Å². The van der Waals surface area contributed by atoms with Crippen LogP contribution in [0, 0.1) is 23.7 Å². The molecule has 2 bridgehead atoms. The largest absolute Gasteiger partial charge is 0.356 e. The number of rotatable bonds is 7. The molecule has 4 unspecified atom stereocenters. The van der Waals surface area contributed by atoms with Gasteiger partial charge < -0.3 is 16.0 Å². The molecule has 4 atom stereocenters. The maximum absolute atomic E-state index is 12.7. The van der Waals surface area contributed by atoms with Gasteiger partial charge in [-0.05, 0) is 31.1 Å². The minimum absolute atomic E-state index is 0. The van der Waals surface area contributed by atoms with Gasteiger partial charge >= 0.3 is 0 Å². The summed E-state index contributed by atoms with van der Waals surface area (Å²) in [7, 11) is 1.66. The third-order valence-corrected chi connectivity index (χ3v) is 7.03. The molecule has 8 nitrogen and oxygen atoms in total. The lowest BCUT2D eigenvalue weighted by molar-refractivity contribution is -0.140. The van der Waals surface area contributed by atoms with E-state index in [-0.39, 0.29) is 65.4 Å². The Kier molecular flexibility index (Phi) is 8.35. The Bertz CT molecular complexity index is 719. The Morgan fingerprint density at radius 2 is 1.65 bits per heavy atom. The van der Waals surface area contributed by atoms with Crippen LogP contribution >= 0.6 is 24.0 Å². The third kappa shape index (κ3) is 5.23. The van der Waals surface area contributed by atoms with Gasteiger partial charge in [0.1, 0.15) is 0 Å². The summed E-state index contributed by atoms with van der Waals surface area (Å²) in [5.41, 5.74) is 0. The first-order chi connectivity index (χ1) is 14.6. The van der Waals surface area contributed by atoms with Gasteiger partial charge in [0.2, 0.25) is 17.7 Å². The van der Waals surface area contributed by atoms with Gasteiger partial charge in [-0.15, -0.1) is 24.0 Å². The van der Waals surface area contributed by atoms with Crippen molar-refractivity contribution in [2.75, 3.05) is 26.7 Å². The van der Waals surface area contributed by atoms with Crippen LogP contribution in [0.2, 0.25) is 0 Å². The van der Waals surface area contributed by atoms with Gasteiger partial charge in [-0.3, -0.25) is 24.3 Å². The van der Waals surface area contributed by atoms with Crippen LogP contribution in [0.1, 0.15) is 44.9 Å². The second-order valence-electron chi connectivity index (χ2n) is 8.91. The Labute approximate surface area is 201 Å².